The molecule has 0 heterocycles. The third-order valence-electron chi connectivity index (χ3n) is 2.27. The molecule has 0 amide bonds. The predicted molar refractivity (Wildman–Crippen MR) is 62.2 cm³/mol. The molecule has 0 fully saturated rings. The van der Waals surface area contributed by atoms with Gasteiger partial charge in [-0.25, -0.2) is 0 Å². The van der Waals surface area contributed by atoms with Crippen LogP contribution in [0.4, 0.5) is 0 Å². The summed E-state index contributed by atoms with van der Waals surface area (Å²) in [6, 6.07) is 0. The number of rotatable bonds is 9. The highest BCUT2D eigenvalue weighted by Crippen LogP contribution is 1.87. The minimum Gasteiger partial charge on any atom is -0.330 e. The molecule has 0 aromatic carbocycles. The fourth-order valence-electron chi connectivity index (χ4n) is 1.04. The Balaban J connectivity index is 3.06. The Morgan fingerprint density at radius 3 is 1.50 bits per heavy atom. The molecule has 0 saturated carbocycles. The van der Waals surface area contributed by atoms with E-state index in [1.165, 1.54) is 0 Å². The molecule has 0 aromatic rings. The van der Waals surface area contributed by atoms with Crippen molar-refractivity contribution in [2.75, 3.05) is 39.3 Å². The van der Waals surface area contributed by atoms with Crippen LogP contribution in [0.15, 0.2) is 0 Å². The van der Waals surface area contributed by atoms with E-state index in [2.05, 4.69) is 24.5 Å². The van der Waals surface area contributed by atoms with Crippen LogP contribution in [0.5, 0.6) is 0 Å². The molecular formula is C10H26N4. The fourth-order valence-corrected chi connectivity index (χ4v) is 1.04. The number of hydrogen-bond donors (Lipinski definition) is 4. The van der Waals surface area contributed by atoms with Gasteiger partial charge in [-0.3, -0.25) is 0 Å². The van der Waals surface area contributed by atoms with Gasteiger partial charge in [-0.2, -0.15) is 0 Å². The summed E-state index contributed by atoms with van der Waals surface area (Å²) in [6.45, 7) is 9.82. The third kappa shape index (κ3) is 8.44. The largest absolute Gasteiger partial charge is 0.330 e. The Morgan fingerprint density at radius 2 is 1.21 bits per heavy atom. The molecule has 0 aliphatic rings. The smallest absolute Gasteiger partial charge is 0.00768 e. The highest BCUT2D eigenvalue weighted by atomic mass is 14.9. The SMILES string of the molecule is CC(CN)CNCCNCC(C)CN. The summed E-state index contributed by atoms with van der Waals surface area (Å²) >= 11 is 0. The van der Waals surface area contributed by atoms with Crippen LogP contribution >= 0.6 is 0 Å². The van der Waals surface area contributed by atoms with Crippen LogP contribution in [0.1, 0.15) is 13.8 Å². The van der Waals surface area contributed by atoms with Crippen molar-refractivity contribution in [2.24, 2.45) is 23.3 Å². The van der Waals surface area contributed by atoms with Gasteiger partial charge in [-0.15, -0.1) is 0 Å². The standard InChI is InChI=1S/C10H26N4/c1-9(5-11)7-13-3-4-14-8-10(2)6-12/h9-10,13-14H,3-8,11-12H2,1-2H3. The second-order valence-electron chi connectivity index (χ2n) is 4.09. The first kappa shape index (κ1) is 13.8. The molecule has 4 heteroatoms. The van der Waals surface area contributed by atoms with Crippen molar-refractivity contribution >= 4 is 0 Å². The molecule has 4 nitrogen and oxygen atoms in total. The Labute approximate surface area is 87.8 Å². The van der Waals surface area contributed by atoms with Gasteiger partial charge in [0.05, 0.1) is 0 Å². The summed E-state index contributed by atoms with van der Waals surface area (Å²) in [5.74, 6) is 1.14. The highest BCUT2D eigenvalue weighted by Gasteiger charge is 1.98. The average Bonchev–Trinajstić information content (AvgIpc) is 2.22. The Bertz CT molecular complexity index is 105. The predicted octanol–water partition coefficient (Wildman–Crippen LogP) is -0.645. The first-order chi connectivity index (χ1) is 6.70. The maximum Gasteiger partial charge on any atom is 0.00768 e. The molecule has 2 atom stereocenters. The van der Waals surface area contributed by atoms with Gasteiger partial charge in [0.1, 0.15) is 0 Å². The van der Waals surface area contributed by atoms with E-state index in [1.807, 2.05) is 0 Å². The second-order valence-corrected chi connectivity index (χ2v) is 4.09. The number of nitrogens with two attached hydrogens (primary N) is 2. The second kappa shape index (κ2) is 9.40. The summed E-state index contributed by atoms with van der Waals surface area (Å²) in [4.78, 5) is 0. The summed E-state index contributed by atoms with van der Waals surface area (Å²) in [5, 5.41) is 6.71. The van der Waals surface area contributed by atoms with Gasteiger partial charge in [-0.1, -0.05) is 13.8 Å². The van der Waals surface area contributed by atoms with Crippen molar-refractivity contribution in [3.63, 3.8) is 0 Å². The van der Waals surface area contributed by atoms with E-state index in [4.69, 9.17) is 11.5 Å². The van der Waals surface area contributed by atoms with Crippen molar-refractivity contribution in [1.29, 1.82) is 0 Å². The van der Waals surface area contributed by atoms with Crippen molar-refractivity contribution in [2.45, 2.75) is 13.8 Å². The third-order valence-corrected chi connectivity index (χ3v) is 2.27. The molecule has 0 rings (SSSR count). The molecule has 0 bridgehead atoms. The van der Waals surface area contributed by atoms with Crippen LogP contribution < -0.4 is 22.1 Å². The summed E-state index contributed by atoms with van der Waals surface area (Å²) < 4.78 is 0. The average molecular weight is 202 g/mol. The lowest BCUT2D eigenvalue weighted by atomic mass is 10.2. The van der Waals surface area contributed by atoms with E-state index in [0.29, 0.717) is 11.8 Å². The summed E-state index contributed by atoms with van der Waals surface area (Å²) in [6.07, 6.45) is 0. The molecule has 14 heavy (non-hydrogen) atoms. The maximum absolute atomic E-state index is 5.50. The monoisotopic (exact) mass is 202 g/mol. The van der Waals surface area contributed by atoms with Crippen LogP contribution in [0.3, 0.4) is 0 Å². The van der Waals surface area contributed by atoms with Gasteiger partial charge in [0.25, 0.3) is 0 Å². The van der Waals surface area contributed by atoms with E-state index in [9.17, 15) is 0 Å². The Hall–Kier alpha value is -0.160. The van der Waals surface area contributed by atoms with Gasteiger partial charge in [0.2, 0.25) is 0 Å². The first-order valence-corrected chi connectivity index (χ1v) is 5.52. The minimum absolute atomic E-state index is 0.568. The lowest BCUT2D eigenvalue weighted by Crippen LogP contribution is -2.34. The Morgan fingerprint density at radius 1 is 0.857 bits per heavy atom. The summed E-state index contributed by atoms with van der Waals surface area (Å²) in [7, 11) is 0. The molecule has 6 N–H and O–H groups in total. The van der Waals surface area contributed by atoms with Gasteiger partial charge in [-0.05, 0) is 38.0 Å². The zero-order valence-corrected chi connectivity index (χ0v) is 9.55. The lowest BCUT2D eigenvalue weighted by molar-refractivity contribution is 0.486. The fraction of sp³-hybridized carbons (Fsp3) is 1.00. The molecule has 2 unspecified atom stereocenters. The Kier molecular flexibility index (Phi) is 9.29. The minimum atomic E-state index is 0.568. The van der Waals surface area contributed by atoms with E-state index >= 15 is 0 Å². The first-order valence-electron chi connectivity index (χ1n) is 5.52. The van der Waals surface area contributed by atoms with Crippen molar-refractivity contribution < 1.29 is 0 Å². The zero-order chi connectivity index (χ0) is 10.8. The molecule has 0 radical (unpaired) electrons. The normalized spacial score (nSPS) is 15.4. The van der Waals surface area contributed by atoms with Crippen LogP contribution in [0.25, 0.3) is 0 Å². The molecule has 0 spiro atoms. The highest BCUT2D eigenvalue weighted by molar-refractivity contribution is 4.60. The maximum atomic E-state index is 5.50. The van der Waals surface area contributed by atoms with E-state index in [-0.39, 0.29) is 0 Å². The van der Waals surface area contributed by atoms with Crippen LogP contribution in [-0.2, 0) is 0 Å². The van der Waals surface area contributed by atoms with Crippen LogP contribution in [0.2, 0.25) is 0 Å². The molecule has 0 aliphatic carbocycles. The van der Waals surface area contributed by atoms with Crippen LogP contribution in [-0.4, -0.2) is 39.3 Å². The number of hydrogen-bond acceptors (Lipinski definition) is 4. The van der Waals surface area contributed by atoms with E-state index < -0.39 is 0 Å². The molecule has 86 valence electrons. The van der Waals surface area contributed by atoms with Crippen molar-refractivity contribution in [3.8, 4) is 0 Å². The number of nitrogens with one attached hydrogen (secondary N) is 2. The lowest BCUT2D eigenvalue weighted by Gasteiger charge is -2.12. The van der Waals surface area contributed by atoms with Gasteiger partial charge in [0, 0.05) is 13.1 Å². The van der Waals surface area contributed by atoms with E-state index in [0.717, 1.165) is 39.3 Å². The topological polar surface area (TPSA) is 76.1 Å². The van der Waals surface area contributed by atoms with Crippen LogP contribution in [0, 0.1) is 11.8 Å². The quantitative estimate of drug-likeness (QED) is 0.375. The van der Waals surface area contributed by atoms with Crippen molar-refractivity contribution in [3.05, 3.63) is 0 Å². The zero-order valence-electron chi connectivity index (χ0n) is 9.55. The molecular weight excluding hydrogens is 176 g/mol. The molecule has 0 aliphatic heterocycles. The molecule has 0 saturated heterocycles. The van der Waals surface area contributed by atoms with Gasteiger partial charge >= 0.3 is 0 Å². The van der Waals surface area contributed by atoms with Gasteiger partial charge < -0.3 is 22.1 Å². The van der Waals surface area contributed by atoms with Crippen molar-refractivity contribution in [1.82, 2.24) is 10.6 Å². The van der Waals surface area contributed by atoms with Gasteiger partial charge in [0.15, 0.2) is 0 Å². The summed E-state index contributed by atoms with van der Waals surface area (Å²) in [5.41, 5.74) is 11.0. The van der Waals surface area contributed by atoms with E-state index in [1.54, 1.807) is 0 Å². The molecule has 0 aromatic heterocycles.